The summed E-state index contributed by atoms with van der Waals surface area (Å²) in [5.41, 5.74) is 2.79. The Labute approximate surface area is 102 Å². The van der Waals surface area contributed by atoms with Crippen molar-refractivity contribution in [2.24, 2.45) is 0 Å². The fourth-order valence-electron chi connectivity index (χ4n) is 2.45. The van der Waals surface area contributed by atoms with E-state index in [9.17, 15) is 0 Å². The zero-order chi connectivity index (χ0) is 11.5. The molecule has 1 heteroatoms. The molecule has 1 unspecified atom stereocenters. The summed E-state index contributed by atoms with van der Waals surface area (Å²) in [6.45, 7) is 0.839. The second-order valence-corrected chi connectivity index (χ2v) is 4.57. The van der Waals surface area contributed by atoms with Crippen LogP contribution in [0.3, 0.4) is 0 Å². The van der Waals surface area contributed by atoms with Crippen molar-refractivity contribution in [3.8, 4) is 5.75 Å². The van der Waals surface area contributed by atoms with E-state index >= 15 is 0 Å². The third-order valence-corrected chi connectivity index (χ3v) is 3.42. The average molecular weight is 224 g/mol. The molecule has 0 spiro atoms. The van der Waals surface area contributed by atoms with Gasteiger partial charge in [-0.05, 0) is 24.5 Å². The van der Waals surface area contributed by atoms with Crippen molar-refractivity contribution < 1.29 is 4.74 Å². The summed E-state index contributed by atoms with van der Waals surface area (Å²) >= 11 is 0. The number of aryl methyl sites for hydroxylation is 1. The minimum Gasteiger partial charge on any atom is -0.493 e. The number of fused-ring (bicyclic) bond motifs is 1. The third-order valence-electron chi connectivity index (χ3n) is 3.42. The Morgan fingerprint density at radius 2 is 1.71 bits per heavy atom. The van der Waals surface area contributed by atoms with Crippen molar-refractivity contribution in [3.05, 3.63) is 65.7 Å². The van der Waals surface area contributed by atoms with Gasteiger partial charge in [0.15, 0.2) is 0 Å². The van der Waals surface area contributed by atoms with Gasteiger partial charge in [-0.2, -0.15) is 0 Å². The lowest BCUT2D eigenvalue weighted by molar-refractivity contribution is 0.325. The molecule has 0 radical (unpaired) electrons. The van der Waals surface area contributed by atoms with E-state index in [2.05, 4.69) is 48.5 Å². The Kier molecular flexibility index (Phi) is 2.83. The molecular formula is C16H16O. The van der Waals surface area contributed by atoms with Gasteiger partial charge in [0, 0.05) is 11.5 Å². The molecule has 0 saturated carbocycles. The highest BCUT2D eigenvalue weighted by molar-refractivity contribution is 5.39. The number of benzene rings is 2. The first-order chi connectivity index (χ1) is 8.43. The summed E-state index contributed by atoms with van der Waals surface area (Å²) in [4.78, 5) is 0. The van der Waals surface area contributed by atoms with E-state index in [4.69, 9.17) is 4.74 Å². The van der Waals surface area contributed by atoms with Crippen LogP contribution in [-0.2, 0) is 6.42 Å². The van der Waals surface area contributed by atoms with Gasteiger partial charge in [0.25, 0.3) is 0 Å². The molecule has 1 atom stereocenters. The van der Waals surface area contributed by atoms with Gasteiger partial charge in [0.2, 0.25) is 0 Å². The summed E-state index contributed by atoms with van der Waals surface area (Å²) in [6.07, 6.45) is 2.30. The van der Waals surface area contributed by atoms with Crippen LogP contribution in [0.4, 0.5) is 0 Å². The molecule has 0 bridgehead atoms. The van der Waals surface area contributed by atoms with Gasteiger partial charge in [-0.1, -0.05) is 48.5 Å². The van der Waals surface area contributed by atoms with Crippen LogP contribution in [0.5, 0.6) is 5.75 Å². The molecule has 17 heavy (non-hydrogen) atoms. The molecule has 1 aliphatic heterocycles. The first-order valence-electron chi connectivity index (χ1n) is 6.19. The molecule has 1 heterocycles. The Bertz CT molecular complexity index is 490. The van der Waals surface area contributed by atoms with Crippen LogP contribution in [0, 0.1) is 0 Å². The normalized spacial score (nSPS) is 17.5. The van der Waals surface area contributed by atoms with Crippen LogP contribution in [-0.4, -0.2) is 6.61 Å². The number of rotatable bonds is 3. The largest absolute Gasteiger partial charge is 0.493 e. The molecule has 2 aromatic rings. The first-order valence-corrected chi connectivity index (χ1v) is 6.19. The molecule has 0 fully saturated rings. The number of hydrogen-bond acceptors (Lipinski definition) is 1. The van der Waals surface area contributed by atoms with Gasteiger partial charge in [-0.3, -0.25) is 0 Å². The second-order valence-electron chi connectivity index (χ2n) is 4.57. The molecule has 0 aliphatic carbocycles. The lowest BCUT2D eigenvalue weighted by Crippen LogP contribution is -2.02. The molecule has 0 saturated heterocycles. The van der Waals surface area contributed by atoms with E-state index < -0.39 is 0 Å². The van der Waals surface area contributed by atoms with Gasteiger partial charge in [-0.15, -0.1) is 0 Å². The van der Waals surface area contributed by atoms with Gasteiger partial charge in [0.1, 0.15) is 5.75 Å². The van der Waals surface area contributed by atoms with E-state index in [-0.39, 0.29) is 0 Å². The Morgan fingerprint density at radius 3 is 2.59 bits per heavy atom. The van der Waals surface area contributed by atoms with Crippen LogP contribution >= 0.6 is 0 Å². The first kappa shape index (κ1) is 10.4. The quantitative estimate of drug-likeness (QED) is 0.770. The lowest BCUT2D eigenvalue weighted by atomic mass is 9.94. The Balaban J connectivity index is 1.68. The lowest BCUT2D eigenvalue weighted by Gasteiger charge is -2.08. The maximum atomic E-state index is 5.70. The highest BCUT2D eigenvalue weighted by Gasteiger charge is 2.22. The molecule has 0 amide bonds. The molecule has 1 aliphatic rings. The van der Waals surface area contributed by atoms with Gasteiger partial charge < -0.3 is 4.74 Å². The van der Waals surface area contributed by atoms with Crippen molar-refractivity contribution in [2.45, 2.75) is 18.8 Å². The maximum absolute atomic E-state index is 5.70. The standard InChI is InChI=1S/C16H16O/c1-2-6-13(7-3-1)10-11-14-12-17-16-9-5-4-8-15(14)16/h1-9,14H,10-12H2. The summed E-state index contributed by atoms with van der Waals surface area (Å²) in [5, 5.41) is 0. The minimum absolute atomic E-state index is 0.561. The van der Waals surface area contributed by atoms with Crippen molar-refractivity contribution >= 4 is 0 Å². The predicted molar refractivity (Wildman–Crippen MR) is 69.4 cm³/mol. The Morgan fingerprint density at radius 1 is 0.941 bits per heavy atom. The van der Waals surface area contributed by atoms with Gasteiger partial charge >= 0.3 is 0 Å². The van der Waals surface area contributed by atoms with Crippen molar-refractivity contribution in [1.82, 2.24) is 0 Å². The van der Waals surface area contributed by atoms with E-state index in [1.807, 2.05) is 6.07 Å². The summed E-state index contributed by atoms with van der Waals surface area (Å²) in [6, 6.07) is 19.1. The fraction of sp³-hybridized carbons (Fsp3) is 0.250. The molecular weight excluding hydrogens is 208 g/mol. The zero-order valence-corrected chi connectivity index (χ0v) is 9.80. The molecule has 86 valence electrons. The molecule has 3 rings (SSSR count). The average Bonchev–Trinajstić information content (AvgIpc) is 2.81. The topological polar surface area (TPSA) is 9.23 Å². The molecule has 1 nitrogen and oxygen atoms in total. The summed E-state index contributed by atoms with van der Waals surface area (Å²) in [7, 11) is 0. The van der Waals surface area contributed by atoms with E-state index in [0.717, 1.165) is 18.8 Å². The van der Waals surface area contributed by atoms with Crippen LogP contribution in [0.15, 0.2) is 54.6 Å². The maximum Gasteiger partial charge on any atom is 0.122 e. The zero-order valence-electron chi connectivity index (χ0n) is 9.80. The van der Waals surface area contributed by atoms with E-state index in [1.54, 1.807) is 0 Å². The SMILES string of the molecule is c1ccc(CCC2COc3ccccc32)cc1. The number of para-hydroxylation sites is 1. The van der Waals surface area contributed by atoms with Crippen molar-refractivity contribution in [1.29, 1.82) is 0 Å². The van der Waals surface area contributed by atoms with Crippen LogP contribution in [0.2, 0.25) is 0 Å². The van der Waals surface area contributed by atoms with E-state index in [0.29, 0.717) is 5.92 Å². The molecule has 0 aromatic heterocycles. The second kappa shape index (κ2) is 4.62. The minimum atomic E-state index is 0.561. The van der Waals surface area contributed by atoms with Crippen LogP contribution < -0.4 is 4.74 Å². The van der Waals surface area contributed by atoms with Crippen molar-refractivity contribution in [3.63, 3.8) is 0 Å². The highest BCUT2D eigenvalue weighted by Crippen LogP contribution is 2.35. The number of hydrogen-bond donors (Lipinski definition) is 0. The predicted octanol–water partition coefficient (Wildman–Crippen LogP) is 3.80. The summed E-state index contributed by atoms with van der Waals surface area (Å²) < 4.78 is 5.70. The fourth-order valence-corrected chi connectivity index (χ4v) is 2.45. The third kappa shape index (κ3) is 2.19. The summed E-state index contributed by atoms with van der Waals surface area (Å²) in [5.74, 6) is 1.64. The van der Waals surface area contributed by atoms with Gasteiger partial charge in [-0.25, -0.2) is 0 Å². The molecule has 0 N–H and O–H groups in total. The molecule has 2 aromatic carbocycles. The van der Waals surface area contributed by atoms with Crippen LogP contribution in [0.1, 0.15) is 23.5 Å². The van der Waals surface area contributed by atoms with Crippen molar-refractivity contribution in [2.75, 3.05) is 6.61 Å². The Hall–Kier alpha value is -1.76. The van der Waals surface area contributed by atoms with Gasteiger partial charge in [0.05, 0.1) is 6.61 Å². The smallest absolute Gasteiger partial charge is 0.122 e. The highest BCUT2D eigenvalue weighted by atomic mass is 16.5. The monoisotopic (exact) mass is 224 g/mol. The van der Waals surface area contributed by atoms with E-state index in [1.165, 1.54) is 17.5 Å². The number of ether oxygens (including phenoxy) is 1. The van der Waals surface area contributed by atoms with Crippen LogP contribution in [0.25, 0.3) is 0 Å².